The number of hydrogen-bond donors (Lipinski definition) is 2. The zero-order chi connectivity index (χ0) is 17.7. The van der Waals surface area contributed by atoms with Crippen LogP contribution in [0.1, 0.15) is 37.7 Å². The van der Waals surface area contributed by atoms with Crippen molar-refractivity contribution in [2.75, 3.05) is 32.8 Å². The van der Waals surface area contributed by atoms with E-state index in [2.05, 4.69) is 15.2 Å². The Labute approximate surface area is 150 Å². The summed E-state index contributed by atoms with van der Waals surface area (Å²) in [7, 11) is 0. The van der Waals surface area contributed by atoms with Crippen LogP contribution in [0.4, 0.5) is 0 Å². The van der Waals surface area contributed by atoms with Gasteiger partial charge in [-0.05, 0) is 56.6 Å². The zero-order valence-electron chi connectivity index (χ0n) is 15.0. The van der Waals surface area contributed by atoms with E-state index in [4.69, 9.17) is 10.5 Å². The lowest BCUT2D eigenvalue weighted by atomic mass is 10.1. The number of nitrogens with two attached hydrogens (primary N) is 1. The van der Waals surface area contributed by atoms with Crippen LogP contribution >= 0.6 is 0 Å². The molecule has 1 amide bonds. The molecule has 1 aromatic heterocycles. The Balaban J connectivity index is 1.65. The fourth-order valence-corrected chi connectivity index (χ4v) is 2.81. The average molecular weight is 346 g/mol. The summed E-state index contributed by atoms with van der Waals surface area (Å²) in [4.78, 5) is 18.1. The van der Waals surface area contributed by atoms with Crippen LogP contribution in [0.15, 0.2) is 30.5 Å². The molecule has 2 heterocycles. The summed E-state index contributed by atoms with van der Waals surface area (Å²) in [6.07, 6.45) is 10.7. The molecule has 1 aromatic rings. The second-order valence-electron chi connectivity index (χ2n) is 6.32. The van der Waals surface area contributed by atoms with E-state index in [1.54, 1.807) is 6.20 Å². The maximum atomic E-state index is 11.4. The molecule has 25 heavy (non-hydrogen) atoms. The SMILES string of the molecule is NCCCC(=O)NC/C=C\COc1cc(CN2CCCCC2)ccn1. The van der Waals surface area contributed by atoms with Gasteiger partial charge in [0.2, 0.25) is 11.8 Å². The van der Waals surface area contributed by atoms with E-state index in [9.17, 15) is 4.79 Å². The van der Waals surface area contributed by atoms with Crippen molar-refractivity contribution in [2.45, 2.75) is 38.6 Å². The predicted molar refractivity (Wildman–Crippen MR) is 99.3 cm³/mol. The molecule has 1 saturated heterocycles. The Hall–Kier alpha value is -1.92. The first-order valence-electron chi connectivity index (χ1n) is 9.20. The summed E-state index contributed by atoms with van der Waals surface area (Å²) in [6, 6.07) is 4.06. The van der Waals surface area contributed by atoms with Crippen molar-refractivity contribution < 1.29 is 9.53 Å². The third kappa shape index (κ3) is 8.14. The molecular formula is C19H30N4O2. The molecular weight excluding hydrogens is 316 g/mol. The van der Waals surface area contributed by atoms with Crippen molar-refractivity contribution >= 4 is 5.91 Å². The number of amides is 1. The lowest BCUT2D eigenvalue weighted by Gasteiger charge is -2.26. The quantitative estimate of drug-likeness (QED) is 0.632. The van der Waals surface area contributed by atoms with Crippen molar-refractivity contribution in [3.63, 3.8) is 0 Å². The largest absolute Gasteiger partial charge is 0.473 e. The number of pyridine rings is 1. The first kappa shape index (κ1) is 19.4. The second kappa shape index (κ2) is 11.6. The highest BCUT2D eigenvalue weighted by atomic mass is 16.5. The molecule has 0 atom stereocenters. The fraction of sp³-hybridized carbons (Fsp3) is 0.579. The normalized spacial score (nSPS) is 15.4. The van der Waals surface area contributed by atoms with Crippen molar-refractivity contribution in [3.8, 4) is 5.88 Å². The third-order valence-corrected chi connectivity index (χ3v) is 4.17. The molecule has 0 aliphatic carbocycles. The summed E-state index contributed by atoms with van der Waals surface area (Å²) >= 11 is 0. The van der Waals surface area contributed by atoms with Gasteiger partial charge in [-0.2, -0.15) is 0 Å². The molecule has 0 radical (unpaired) electrons. The Bertz CT molecular complexity index is 542. The smallest absolute Gasteiger partial charge is 0.220 e. The minimum atomic E-state index is 0.0306. The summed E-state index contributed by atoms with van der Waals surface area (Å²) in [5.41, 5.74) is 6.61. The van der Waals surface area contributed by atoms with Crippen LogP contribution in [-0.4, -0.2) is 48.6 Å². The van der Waals surface area contributed by atoms with Gasteiger partial charge in [0.15, 0.2) is 0 Å². The molecule has 1 aliphatic rings. The molecule has 0 aromatic carbocycles. The van der Waals surface area contributed by atoms with Crippen LogP contribution in [0, 0.1) is 0 Å². The number of likely N-dealkylation sites (tertiary alicyclic amines) is 1. The van der Waals surface area contributed by atoms with Crippen LogP contribution in [0.5, 0.6) is 5.88 Å². The van der Waals surface area contributed by atoms with Crippen LogP contribution in [-0.2, 0) is 11.3 Å². The fourth-order valence-electron chi connectivity index (χ4n) is 2.81. The van der Waals surface area contributed by atoms with Crippen LogP contribution in [0.2, 0.25) is 0 Å². The molecule has 1 aliphatic heterocycles. The Kier molecular flexibility index (Phi) is 9.01. The van der Waals surface area contributed by atoms with Gasteiger partial charge < -0.3 is 15.8 Å². The van der Waals surface area contributed by atoms with Gasteiger partial charge in [0, 0.05) is 31.8 Å². The minimum Gasteiger partial charge on any atom is -0.473 e. The summed E-state index contributed by atoms with van der Waals surface area (Å²) in [5.74, 6) is 0.675. The van der Waals surface area contributed by atoms with E-state index in [-0.39, 0.29) is 5.91 Å². The molecule has 3 N–H and O–H groups in total. The second-order valence-corrected chi connectivity index (χ2v) is 6.32. The minimum absolute atomic E-state index is 0.0306. The van der Waals surface area contributed by atoms with Gasteiger partial charge in [0.25, 0.3) is 0 Å². The van der Waals surface area contributed by atoms with Crippen molar-refractivity contribution in [1.29, 1.82) is 0 Å². The van der Waals surface area contributed by atoms with Gasteiger partial charge >= 0.3 is 0 Å². The lowest BCUT2D eigenvalue weighted by Crippen LogP contribution is -2.29. The molecule has 0 spiro atoms. The molecule has 0 bridgehead atoms. The number of carbonyl (C=O) groups is 1. The first-order chi connectivity index (χ1) is 12.3. The molecule has 2 rings (SSSR count). The van der Waals surface area contributed by atoms with E-state index in [0.29, 0.717) is 32.0 Å². The molecule has 1 fully saturated rings. The Morgan fingerprint density at radius 2 is 2.16 bits per heavy atom. The standard InChI is InChI=1S/C19H30N4O2/c20-9-6-7-18(24)21-10-2-5-14-25-19-15-17(8-11-22-19)16-23-12-3-1-4-13-23/h2,5,8,11,15H,1,3-4,6-7,9-10,12-14,16,20H2,(H,21,24)/b5-2-. The topological polar surface area (TPSA) is 80.5 Å². The van der Waals surface area contributed by atoms with Crippen molar-refractivity contribution in [3.05, 3.63) is 36.0 Å². The van der Waals surface area contributed by atoms with E-state index < -0.39 is 0 Å². The Morgan fingerprint density at radius 3 is 2.96 bits per heavy atom. The van der Waals surface area contributed by atoms with E-state index >= 15 is 0 Å². The number of aromatic nitrogens is 1. The van der Waals surface area contributed by atoms with E-state index in [1.165, 1.54) is 37.9 Å². The molecule has 6 heteroatoms. The number of piperidine rings is 1. The number of rotatable bonds is 10. The van der Waals surface area contributed by atoms with Gasteiger partial charge in [-0.3, -0.25) is 9.69 Å². The number of nitrogens with zero attached hydrogens (tertiary/aromatic N) is 2. The lowest BCUT2D eigenvalue weighted by molar-refractivity contribution is -0.120. The highest BCUT2D eigenvalue weighted by Gasteiger charge is 2.10. The molecule has 0 unspecified atom stereocenters. The number of ether oxygens (including phenoxy) is 1. The van der Waals surface area contributed by atoms with Crippen molar-refractivity contribution in [1.82, 2.24) is 15.2 Å². The Morgan fingerprint density at radius 1 is 1.32 bits per heavy atom. The summed E-state index contributed by atoms with van der Waals surface area (Å²) < 4.78 is 5.66. The summed E-state index contributed by atoms with van der Waals surface area (Å²) in [5, 5.41) is 2.81. The number of carbonyl (C=O) groups excluding carboxylic acids is 1. The zero-order valence-corrected chi connectivity index (χ0v) is 15.0. The summed E-state index contributed by atoms with van der Waals surface area (Å²) in [6.45, 7) is 4.81. The van der Waals surface area contributed by atoms with E-state index in [1.807, 2.05) is 24.3 Å². The van der Waals surface area contributed by atoms with Gasteiger partial charge in [0.05, 0.1) is 0 Å². The third-order valence-electron chi connectivity index (χ3n) is 4.17. The van der Waals surface area contributed by atoms with Gasteiger partial charge in [-0.1, -0.05) is 12.5 Å². The number of hydrogen-bond acceptors (Lipinski definition) is 5. The average Bonchev–Trinajstić information content (AvgIpc) is 2.64. The van der Waals surface area contributed by atoms with Crippen LogP contribution in [0.3, 0.4) is 0 Å². The highest BCUT2D eigenvalue weighted by Crippen LogP contribution is 2.15. The van der Waals surface area contributed by atoms with E-state index in [0.717, 1.165) is 13.0 Å². The van der Waals surface area contributed by atoms with Gasteiger partial charge in [0.1, 0.15) is 6.61 Å². The highest BCUT2D eigenvalue weighted by molar-refractivity contribution is 5.75. The van der Waals surface area contributed by atoms with Gasteiger partial charge in [-0.25, -0.2) is 4.98 Å². The number of nitrogens with one attached hydrogen (secondary N) is 1. The predicted octanol–water partition coefficient (Wildman–Crippen LogP) is 1.86. The van der Waals surface area contributed by atoms with Gasteiger partial charge in [-0.15, -0.1) is 0 Å². The van der Waals surface area contributed by atoms with Crippen LogP contribution < -0.4 is 15.8 Å². The molecule has 138 valence electrons. The van der Waals surface area contributed by atoms with Crippen molar-refractivity contribution in [2.24, 2.45) is 5.73 Å². The maximum Gasteiger partial charge on any atom is 0.220 e. The molecule has 6 nitrogen and oxygen atoms in total. The van der Waals surface area contributed by atoms with Crippen LogP contribution in [0.25, 0.3) is 0 Å². The monoisotopic (exact) mass is 346 g/mol. The molecule has 0 saturated carbocycles. The maximum absolute atomic E-state index is 11.4. The first-order valence-corrected chi connectivity index (χ1v) is 9.20.